The second-order valence-corrected chi connectivity index (χ2v) is 9.20. The largest absolute Gasteiger partial charge is 0.338 e. The molecule has 1 aliphatic carbocycles. The second-order valence-electron chi connectivity index (χ2n) is 9.20. The maximum atomic E-state index is 13.2. The van der Waals surface area contributed by atoms with Gasteiger partial charge in [-0.15, -0.1) is 12.4 Å². The number of anilines is 1. The molecule has 2 N–H and O–H groups in total. The number of ketones is 1. The van der Waals surface area contributed by atoms with E-state index in [1.165, 1.54) is 31.7 Å². The number of urea groups is 1. The molecule has 3 fully saturated rings. The van der Waals surface area contributed by atoms with Gasteiger partial charge in [0.15, 0.2) is 5.78 Å². The lowest BCUT2D eigenvalue weighted by Crippen LogP contribution is -2.54. The number of benzene rings is 2. The molecule has 3 unspecified atom stereocenters. The Bertz CT molecular complexity index is 953. The van der Waals surface area contributed by atoms with E-state index in [2.05, 4.69) is 15.5 Å². The van der Waals surface area contributed by atoms with Crippen LogP contribution in [0.4, 0.5) is 14.9 Å². The van der Waals surface area contributed by atoms with Crippen molar-refractivity contribution in [3.63, 3.8) is 0 Å². The van der Waals surface area contributed by atoms with Crippen LogP contribution in [-0.2, 0) is 6.42 Å². The van der Waals surface area contributed by atoms with Crippen LogP contribution < -0.4 is 10.6 Å². The van der Waals surface area contributed by atoms with Crippen LogP contribution in [0.2, 0.25) is 0 Å². The molecule has 0 spiro atoms. The van der Waals surface area contributed by atoms with Crippen molar-refractivity contribution in [3.05, 3.63) is 65.5 Å². The van der Waals surface area contributed by atoms with Crippen molar-refractivity contribution in [1.82, 2.24) is 10.2 Å². The van der Waals surface area contributed by atoms with Crippen molar-refractivity contribution in [3.8, 4) is 0 Å². The molecule has 3 atom stereocenters. The first kappa shape index (κ1) is 25.2. The Labute approximate surface area is 201 Å². The van der Waals surface area contributed by atoms with E-state index >= 15 is 0 Å². The number of carbonyl (C=O) groups excluding carboxylic acids is 2. The fourth-order valence-electron chi connectivity index (χ4n) is 5.33. The normalized spacial score (nSPS) is 21.8. The molecule has 0 radical (unpaired) electrons. The highest BCUT2D eigenvalue weighted by Gasteiger charge is 2.40. The summed E-state index contributed by atoms with van der Waals surface area (Å²) in [5.41, 5.74) is 2.42. The molecular formula is C26H33ClFN3O2. The fraction of sp³-hybridized carbons (Fsp3) is 0.462. The van der Waals surface area contributed by atoms with Crippen molar-refractivity contribution in [2.24, 2.45) is 11.8 Å². The number of nitrogens with one attached hydrogen (secondary N) is 2. The molecule has 7 heteroatoms. The zero-order valence-corrected chi connectivity index (χ0v) is 19.9. The van der Waals surface area contributed by atoms with Crippen LogP contribution in [0, 0.1) is 17.7 Å². The van der Waals surface area contributed by atoms with E-state index < -0.39 is 0 Å². The van der Waals surface area contributed by atoms with Gasteiger partial charge in [0.2, 0.25) is 0 Å². The van der Waals surface area contributed by atoms with Crippen molar-refractivity contribution >= 4 is 29.9 Å². The van der Waals surface area contributed by atoms with Gasteiger partial charge in [-0.25, -0.2) is 9.18 Å². The Kier molecular flexibility index (Phi) is 8.87. The summed E-state index contributed by atoms with van der Waals surface area (Å²) in [5.74, 6) is 1.17. The zero-order valence-electron chi connectivity index (χ0n) is 19.1. The van der Waals surface area contributed by atoms with E-state index in [9.17, 15) is 14.0 Å². The maximum Gasteiger partial charge on any atom is 0.319 e. The number of fused-ring (bicyclic) bond motifs is 3. The van der Waals surface area contributed by atoms with Crippen LogP contribution in [0.15, 0.2) is 48.5 Å². The molecule has 5 nitrogen and oxygen atoms in total. The van der Waals surface area contributed by atoms with E-state index in [1.54, 1.807) is 36.4 Å². The minimum Gasteiger partial charge on any atom is -0.338 e. The Morgan fingerprint density at radius 3 is 2.64 bits per heavy atom. The summed E-state index contributed by atoms with van der Waals surface area (Å²) in [6.45, 7) is 4.24. The Balaban J connectivity index is 0.00000306. The van der Waals surface area contributed by atoms with E-state index in [4.69, 9.17) is 0 Å². The van der Waals surface area contributed by atoms with E-state index in [0.717, 1.165) is 31.8 Å². The Hall–Kier alpha value is -2.44. The summed E-state index contributed by atoms with van der Waals surface area (Å²) in [6, 6.07) is 14.2. The molecule has 33 heavy (non-hydrogen) atoms. The van der Waals surface area contributed by atoms with E-state index in [1.807, 2.05) is 12.1 Å². The number of carbonyl (C=O) groups is 2. The van der Waals surface area contributed by atoms with Gasteiger partial charge in [0.25, 0.3) is 0 Å². The first-order valence-electron chi connectivity index (χ1n) is 11.6. The Morgan fingerprint density at radius 1 is 1.12 bits per heavy atom. The molecule has 3 aliphatic rings. The average molecular weight is 474 g/mol. The molecule has 2 saturated heterocycles. The van der Waals surface area contributed by atoms with Crippen LogP contribution in [-0.4, -0.2) is 42.4 Å². The number of hydrogen-bond donors (Lipinski definition) is 2. The van der Waals surface area contributed by atoms with Gasteiger partial charge in [-0.05, 0) is 80.7 Å². The number of Topliss-reactive ketones (excluding diaryl/α,β-unsaturated/α-hetero) is 1. The highest BCUT2D eigenvalue weighted by Crippen LogP contribution is 2.40. The van der Waals surface area contributed by atoms with Crippen LogP contribution in [0.25, 0.3) is 0 Å². The number of piperidine rings is 2. The number of hydrogen-bond acceptors (Lipinski definition) is 3. The molecular weight excluding hydrogens is 441 g/mol. The zero-order chi connectivity index (χ0) is 22.5. The van der Waals surface area contributed by atoms with Crippen molar-refractivity contribution in [1.29, 1.82) is 0 Å². The smallest absolute Gasteiger partial charge is 0.319 e. The highest BCUT2D eigenvalue weighted by molar-refractivity contribution is 5.96. The molecule has 2 aliphatic heterocycles. The third-order valence-electron chi connectivity index (χ3n) is 6.86. The lowest BCUT2D eigenvalue weighted by molar-refractivity contribution is 0.000976. The first-order valence-corrected chi connectivity index (χ1v) is 11.6. The van der Waals surface area contributed by atoms with E-state index in [-0.39, 0.29) is 30.0 Å². The predicted octanol–water partition coefficient (Wildman–Crippen LogP) is 5.30. The van der Waals surface area contributed by atoms with Crippen molar-refractivity contribution in [2.75, 3.05) is 25.0 Å². The van der Waals surface area contributed by atoms with Gasteiger partial charge in [-0.3, -0.25) is 9.69 Å². The predicted molar refractivity (Wildman–Crippen MR) is 132 cm³/mol. The van der Waals surface area contributed by atoms with Gasteiger partial charge in [0, 0.05) is 36.9 Å². The third kappa shape index (κ3) is 6.78. The van der Waals surface area contributed by atoms with Crippen LogP contribution in [0.5, 0.6) is 0 Å². The lowest BCUT2D eigenvalue weighted by Gasteiger charge is -2.50. The molecule has 5 rings (SSSR count). The fourth-order valence-corrected chi connectivity index (χ4v) is 5.33. The standard InChI is InChI=1S/C26H32FN3O2.ClH/c1-18(31)21-4-2-5-24(16-21)29-26(32)28-12-3-13-30-17-20-8-11-25(30)22(15-20)14-19-6-9-23(27)10-7-19;/h2,4-7,9-10,16,20,22,25H,3,8,11-15,17H2,1H3,(H2,28,29,32);1H. The van der Waals surface area contributed by atoms with Crippen molar-refractivity contribution in [2.45, 2.75) is 45.1 Å². The maximum absolute atomic E-state index is 13.2. The number of amides is 2. The van der Waals surface area contributed by atoms with Gasteiger partial charge in [0.1, 0.15) is 5.82 Å². The molecule has 178 valence electrons. The molecule has 2 aromatic carbocycles. The van der Waals surface area contributed by atoms with Gasteiger partial charge >= 0.3 is 6.03 Å². The molecule has 2 aromatic rings. The lowest BCUT2D eigenvalue weighted by atomic mass is 9.70. The van der Waals surface area contributed by atoms with Crippen LogP contribution >= 0.6 is 12.4 Å². The first-order chi connectivity index (χ1) is 15.5. The van der Waals surface area contributed by atoms with Gasteiger partial charge in [-0.2, -0.15) is 0 Å². The van der Waals surface area contributed by atoms with Crippen molar-refractivity contribution < 1.29 is 14.0 Å². The molecule has 2 heterocycles. The second kappa shape index (κ2) is 11.6. The summed E-state index contributed by atoms with van der Waals surface area (Å²) in [5, 5.41) is 5.72. The van der Waals surface area contributed by atoms with Crippen LogP contribution in [0.1, 0.15) is 48.5 Å². The SMILES string of the molecule is CC(=O)c1cccc(NC(=O)NCCCN2CC3CCC2C(Cc2ccc(F)cc2)C3)c1.Cl. The van der Waals surface area contributed by atoms with Crippen LogP contribution in [0.3, 0.4) is 0 Å². The Morgan fingerprint density at radius 2 is 1.91 bits per heavy atom. The molecule has 0 aromatic heterocycles. The van der Waals surface area contributed by atoms with Gasteiger partial charge in [-0.1, -0.05) is 24.3 Å². The quantitative estimate of drug-likeness (QED) is 0.403. The number of rotatable bonds is 8. The van der Waals surface area contributed by atoms with E-state index in [0.29, 0.717) is 29.8 Å². The molecule has 1 saturated carbocycles. The van der Waals surface area contributed by atoms with Gasteiger partial charge in [0.05, 0.1) is 0 Å². The summed E-state index contributed by atoms with van der Waals surface area (Å²) < 4.78 is 13.2. The minimum absolute atomic E-state index is 0. The average Bonchev–Trinajstić information content (AvgIpc) is 2.79. The monoisotopic (exact) mass is 473 g/mol. The summed E-state index contributed by atoms with van der Waals surface area (Å²) in [6.07, 6.45) is 5.71. The minimum atomic E-state index is -0.250. The number of nitrogens with zero attached hydrogens (tertiary/aromatic N) is 1. The summed E-state index contributed by atoms with van der Waals surface area (Å²) in [7, 11) is 0. The highest BCUT2D eigenvalue weighted by atomic mass is 35.5. The summed E-state index contributed by atoms with van der Waals surface area (Å²) >= 11 is 0. The molecule has 2 amide bonds. The summed E-state index contributed by atoms with van der Waals surface area (Å²) in [4.78, 5) is 26.3. The third-order valence-corrected chi connectivity index (χ3v) is 6.86. The van der Waals surface area contributed by atoms with Gasteiger partial charge < -0.3 is 10.6 Å². The molecule has 2 bridgehead atoms. The topological polar surface area (TPSA) is 61.4 Å². The number of halogens is 2.